The summed E-state index contributed by atoms with van der Waals surface area (Å²) in [6.07, 6.45) is 3.32. The van der Waals surface area contributed by atoms with Gasteiger partial charge in [-0.3, -0.25) is 9.88 Å². The van der Waals surface area contributed by atoms with Crippen LogP contribution in [0.15, 0.2) is 36.8 Å². The van der Waals surface area contributed by atoms with Crippen LogP contribution in [-0.2, 0) is 4.74 Å². The molecule has 0 unspecified atom stereocenters. The van der Waals surface area contributed by atoms with Crippen molar-refractivity contribution < 1.29 is 9.47 Å². The third-order valence-corrected chi connectivity index (χ3v) is 3.84. The van der Waals surface area contributed by atoms with Gasteiger partial charge in [-0.25, -0.2) is 9.97 Å². The van der Waals surface area contributed by atoms with Crippen LogP contribution >= 0.6 is 0 Å². The van der Waals surface area contributed by atoms with Crippen LogP contribution in [0.2, 0.25) is 0 Å². The molecule has 3 rings (SSSR count). The summed E-state index contributed by atoms with van der Waals surface area (Å²) in [4.78, 5) is 15.2. The number of methoxy groups -OCH3 is 1. The second-order valence-electron chi connectivity index (χ2n) is 5.25. The Kier molecular flexibility index (Phi) is 5.33. The van der Waals surface area contributed by atoms with E-state index in [1.54, 1.807) is 13.2 Å². The van der Waals surface area contributed by atoms with Gasteiger partial charge < -0.3 is 14.8 Å². The molecule has 122 valence electrons. The molecule has 23 heavy (non-hydrogen) atoms. The molecule has 1 aliphatic rings. The zero-order chi connectivity index (χ0) is 15.9. The average Bonchev–Trinajstić information content (AvgIpc) is 2.64. The zero-order valence-electron chi connectivity index (χ0n) is 13.2. The average molecular weight is 315 g/mol. The first-order valence-electron chi connectivity index (χ1n) is 7.69. The minimum atomic E-state index is 0.168. The van der Waals surface area contributed by atoms with Crippen molar-refractivity contribution in [2.75, 3.05) is 45.3 Å². The SMILES string of the molecule is COc1cc(NC[C@@H](c2ccccn2)N2CCOCC2)ncn1. The minimum absolute atomic E-state index is 0.168. The Hall–Kier alpha value is -2.25. The van der Waals surface area contributed by atoms with Crippen LogP contribution in [0.4, 0.5) is 5.82 Å². The summed E-state index contributed by atoms with van der Waals surface area (Å²) in [6, 6.07) is 7.96. The normalized spacial score (nSPS) is 16.7. The highest BCUT2D eigenvalue weighted by Crippen LogP contribution is 2.21. The van der Waals surface area contributed by atoms with Crippen molar-refractivity contribution in [2.45, 2.75) is 6.04 Å². The molecule has 1 aliphatic heterocycles. The zero-order valence-corrected chi connectivity index (χ0v) is 13.2. The van der Waals surface area contributed by atoms with Crippen molar-refractivity contribution in [2.24, 2.45) is 0 Å². The molecule has 2 aromatic heterocycles. The Balaban J connectivity index is 1.72. The maximum atomic E-state index is 5.46. The quantitative estimate of drug-likeness (QED) is 0.863. The molecule has 7 nitrogen and oxygen atoms in total. The van der Waals surface area contributed by atoms with Crippen molar-refractivity contribution in [1.29, 1.82) is 0 Å². The van der Waals surface area contributed by atoms with Gasteiger partial charge in [0.2, 0.25) is 5.88 Å². The third-order valence-electron chi connectivity index (χ3n) is 3.84. The monoisotopic (exact) mass is 315 g/mol. The van der Waals surface area contributed by atoms with Gasteiger partial charge in [0.25, 0.3) is 0 Å². The van der Waals surface area contributed by atoms with E-state index in [4.69, 9.17) is 9.47 Å². The molecular weight excluding hydrogens is 294 g/mol. The fraction of sp³-hybridized carbons (Fsp3) is 0.438. The number of anilines is 1. The second-order valence-corrected chi connectivity index (χ2v) is 5.25. The molecule has 2 aromatic rings. The lowest BCUT2D eigenvalue weighted by atomic mass is 10.1. The predicted molar refractivity (Wildman–Crippen MR) is 86.4 cm³/mol. The van der Waals surface area contributed by atoms with Gasteiger partial charge in [-0.1, -0.05) is 6.07 Å². The lowest BCUT2D eigenvalue weighted by Crippen LogP contribution is -2.41. The van der Waals surface area contributed by atoms with Crippen molar-refractivity contribution >= 4 is 5.82 Å². The van der Waals surface area contributed by atoms with Gasteiger partial charge in [-0.15, -0.1) is 0 Å². The van der Waals surface area contributed by atoms with Gasteiger partial charge in [0.1, 0.15) is 12.1 Å². The summed E-state index contributed by atoms with van der Waals surface area (Å²) >= 11 is 0. The maximum absolute atomic E-state index is 5.46. The fourth-order valence-electron chi connectivity index (χ4n) is 2.63. The van der Waals surface area contributed by atoms with Gasteiger partial charge in [0.05, 0.1) is 32.1 Å². The molecule has 0 aliphatic carbocycles. The van der Waals surface area contributed by atoms with Gasteiger partial charge >= 0.3 is 0 Å². The van der Waals surface area contributed by atoms with Crippen molar-refractivity contribution in [3.05, 3.63) is 42.5 Å². The summed E-state index contributed by atoms with van der Waals surface area (Å²) in [5.41, 5.74) is 1.04. The summed E-state index contributed by atoms with van der Waals surface area (Å²) in [6.45, 7) is 4.01. The Morgan fingerprint density at radius 3 is 2.87 bits per heavy atom. The smallest absolute Gasteiger partial charge is 0.218 e. The van der Waals surface area contributed by atoms with Gasteiger partial charge in [-0.05, 0) is 12.1 Å². The molecule has 3 heterocycles. The standard InChI is InChI=1S/C16H21N5O2/c1-22-16-10-15(19-12-20-16)18-11-14(13-4-2-3-5-17-13)21-6-8-23-9-7-21/h2-5,10,12,14H,6-9,11H2,1H3,(H,18,19,20)/t14-/m0/s1. The van der Waals surface area contributed by atoms with E-state index in [1.165, 1.54) is 6.33 Å². The number of pyridine rings is 1. The van der Waals surface area contributed by atoms with E-state index in [0.717, 1.165) is 37.8 Å². The molecule has 7 heteroatoms. The highest BCUT2D eigenvalue weighted by molar-refractivity contribution is 5.37. The number of hydrogen-bond acceptors (Lipinski definition) is 7. The first-order valence-corrected chi connectivity index (χ1v) is 7.69. The first-order chi connectivity index (χ1) is 11.4. The fourth-order valence-corrected chi connectivity index (χ4v) is 2.63. The molecule has 0 radical (unpaired) electrons. The number of morpholine rings is 1. The Bertz CT molecular complexity index is 604. The van der Waals surface area contributed by atoms with Crippen LogP contribution < -0.4 is 10.1 Å². The molecule has 0 saturated carbocycles. The topological polar surface area (TPSA) is 72.4 Å². The predicted octanol–water partition coefficient (Wildman–Crippen LogP) is 1.37. The minimum Gasteiger partial charge on any atom is -0.481 e. The van der Waals surface area contributed by atoms with Crippen molar-refractivity contribution in [1.82, 2.24) is 19.9 Å². The Morgan fingerprint density at radius 1 is 1.26 bits per heavy atom. The molecule has 1 fully saturated rings. The van der Waals surface area contributed by atoms with Crippen LogP contribution in [-0.4, -0.2) is 59.8 Å². The molecule has 1 atom stereocenters. The van der Waals surface area contributed by atoms with E-state index in [1.807, 2.05) is 18.3 Å². The number of nitrogens with zero attached hydrogens (tertiary/aromatic N) is 4. The maximum Gasteiger partial charge on any atom is 0.218 e. The largest absolute Gasteiger partial charge is 0.481 e. The summed E-state index contributed by atoms with van der Waals surface area (Å²) < 4.78 is 10.6. The van der Waals surface area contributed by atoms with Crippen molar-refractivity contribution in [3.63, 3.8) is 0 Å². The highest BCUT2D eigenvalue weighted by atomic mass is 16.5. The number of ether oxygens (including phenoxy) is 2. The van der Waals surface area contributed by atoms with E-state index in [0.29, 0.717) is 12.4 Å². The highest BCUT2D eigenvalue weighted by Gasteiger charge is 2.23. The molecule has 0 spiro atoms. The third kappa shape index (κ3) is 4.14. The second kappa shape index (κ2) is 7.85. The lowest BCUT2D eigenvalue weighted by molar-refractivity contribution is 0.0179. The Labute approximate surface area is 135 Å². The molecule has 0 bridgehead atoms. The Morgan fingerprint density at radius 2 is 2.13 bits per heavy atom. The molecule has 1 saturated heterocycles. The number of aromatic nitrogens is 3. The van der Waals surface area contributed by atoms with Crippen LogP contribution in [0.3, 0.4) is 0 Å². The van der Waals surface area contributed by atoms with Crippen LogP contribution in [0, 0.1) is 0 Å². The number of nitrogens with one attached hydrogen (secondary N) is 1. The van der Waals surface area contributed by atoms with Gasteiger partial charge in [0, 0.05) is 31.9 Å². The van der Waals surface area contributed by atoms with Crippen LogP contribution in [0.5, 0.6) is 5.88 Å². The van der Waals surface area contributed by atoms with E-state index in [-0.39, 0.29) is 6.04 Å². The number of hydrogen-bond donors (Lipinski definition) is 1. The number of rotatable bonds is 6. The molecule has 0 aromatic carbocycles. The molecular formula is C16H21N5O2. The van der Waals surface area contributed by atoms with E-state index < -0.39 is 0 Å². The summed E-state index contributed by atoms with van der Waals surface area (Å²) in [5.74, 6) is 1.29. The first kappa shape index (κ1) is 15.6. The molecule has 1 N–H and O–H groups in total. The van der Waals surface area contributed by atoms with E-state index in [9.17, 15) is 0 Å². The van der Waals surface area contributed by atoms with E-state index >= 15 is 0 Å². The van der Waals surface area contributed by atoms with Crippen LogP contribution in [0.25, 0.3) is 0 Å². The summed E-state index contributed by atoms with van der Waals surface area (Å²) in [5, 5.41) is 3.36. The molecule has 0 amide bonds. The van der Waals surface area contributed by atoms with Gasteiger partial charge in [-0.2, -0.15) is 0 Å². The van der Waals surface area contributed by atoms with Gasteiger partial charge in [0.15, 0.2) is 0 Å². The van der Waals surface area contributed by atoms with Crippen LogP contribution in [0.1, 0.15) is 11.7 Å². The summed E-state index contributed by atoms with van der Waals surface area (Å²) in [7, 11) is 1.59. The van der Waals surface area contributed by atoms with E-state index in [2.05, 4.69) is 31.2 Å². The lowest BCUT2D eigenvalue weighted by Gasteiger charge is -2.34. The van der Waals surface area contributed by atoms with Crippen molar-refractivity contribution in [3.8, 4) is 5.88 Å².